The predicted molar refractivity (Wildman–Crippen MR) is 81.3 cm³/mol. The number of morpholine rings is 1. The van der Waals surface area contributed by atoms with Gasteiger partial charge < -0.3 is 15.4 Å². The van der Waals surface area contributed by atoms with Crippen LogP contribution in [0.2, 0.25) is 0 Å². The number of primary amides is 1. The maximum absolute atomic E-state index is 12.8. The molecule has 1 aliphatic rings. The standard InChI is InChI=1S/C16H17N3O3/c1-10-8-12(11-4-2-3-5-13(11)18-10)16(21)19-6-7-22-14(9-19)15(17)20/h2-5,8,14H,6-7,9H2,1H3,(H2,17,20). The number of pyridine rings is 1. The van der Waals surface area contributed by atoms with E-state index in [-0.39, 0.29) is 12.5 Å². The van der Waals surface area contributed by atoms with Gasteiger partial charge in [-0.15, -0.1) is 0 Å². The van der Waals surface area contributed by atoms with Gasteiger partial charge in [0.05, 0.1) is 24.2 Å². The second-order valence-electron chi connectivity index (χ2n) is 5.34. The van der Waals surface area contributed by atoms with Crippen LogP contribution in [0.1, 0.15) is 16.1 Å². The number of nitrogens with zero attached hydrogens (tertiary/aromatic N) is 2. The maximum Gasteiger partial charge on any atom is 0.254 e. The zero-order valence-electron chi connectivity index (χ0n) is 12.3. The number of para-hydroxylation sites is 1. The lowest BCUT2D eigenvalue weighted by Crippen LogP contribution is -2.50. The first-order valence-corrected chi connectivity index (χ1v) is 7.13. The number of benzene rings is 1. The summed E-state index contributed by atoms with van der Waals surface area (Å²) in [7, 11) is 0. The molecule has 6 nitrogen and oxygen atoms in total. The lowest BCUT2D eigenvalue weighted by atomic mass is 10.1. The minimum absolute atomic E-state index is 0.128. The molecule has 2 amide bonds. The summed E-state index contributed by atoms with van der Waals surface area (Å²) in [6, 6.07) is 9.30. The van der Waals surface area contributed by atoms with Gasteiger partial charge in [-0.2, -0.15) is 0 Å². The lowest BCUT2D eigenvalue weighted by Gasteiger charge is -2.31. The minimum atomic E-state index is -0.744. The van der Waals surface area contributed by atoms with Gasteiger partial charge >= 0.3 is 0 Å². The van der Waals surface area contributed by atoms with Gasteiger partial charge in [-0.05, 0) is 19.1 Å². The van der Waals surface area contributed by atoms with E-state index >= 15 is 0 Å². The number of amides is 2. The van der Waals surface area contributed by atoms with E-state index in [1.807, 2.05) is 31.2 Å². The largest absolute Gasteiger partial charge is 0.367 e. The fraction of sp³-hybridized carbons (Fsp3) is 0.312. The average molecular weight is 299 g/mol. The van der Waals surface area contributed by atoms with E-state index in [2.05, 4.69) is 4.98 Å². The van der Waals surface area contributed by atoms with Crippen LogP contribution in [0.3, 0.4) is 0 Å². The minimum Gasteiger partial charge on any atom is -0.367 e. The molecule has 2 N–H and O–H groups in total. The van der Waals surface area contributed by atoms with Crippen LogP contribution < -0.4 is 5.73 Å². The molecular weight excluding hydrogens is 282 g/mol. The molecule has 1 fully saturated rings. The van der Waals surface area contributed by atoms with E-state index in [9.17, 15) is 9.59 Å². The SMILES string of the molecule is Cc1cc(C(=O)N2CCOC(C(N)=O)C2)c2ccccc2n1. The maximum atomic E-state index is 12.8. The van der Waals surface area contributed by atoms with Gasteiger partial charge in [-0.1, -0.05) is 18.2 Å². The molecule has 0 aliphatic carbocycles. The molecule has 0 spiro atoms. The van der Waals surface area contributed by atoms with Gasteiger partial charge in [-0.25, -0.2) is 0 Å². The number of rotatable bonds is 2. The molecule has 3 rings (SSSR count). The highest BCUT2D eigenvalue weighted by Crippen LogP contribution is 2.21. The number of ether oxygens (including phenoxy) is 1. The van der Waals surface area contributed by atoms with Crippen LogP contribution in [0.25, 0.3) is 10.9 Å². The van der Waals surface area contributed by atoms with Gasteiger partial charge in [0.1, 0.15) is 0 Å². The number of hydrogen-bond donors (Lipinski definition) is 1. The molecule has 1 aromatic carbocycles. The monoisotopic (exact) mass is 299 g/mol. The first kappa shape index (κ1) is 14.5. The van der Waals surface area contributed by atoms with Gasteiger partial charge in [0.15, 0.2) is 6.10 Å². The van der Waals surface area contributed by atoms with Crippen molar-refractivity contribution in [2.75, 3.05) is 19.7 Å². The summed E-state index contributed by atoms with van der Waals surface area (Å²) < 4.78 is 5.29. The Morgan fingerprint density at radius 3 is 2.91 bits per heavy atom. The Labute approximate surface area is 127 Å². The Morgan fingerprint density at radius 1 is 1.36 bits per heavy atom. The van der Waals surface area contributed by atoms with Gasteiger partial charge in [0.2, 0.25) is 5.91 Å². The molecule has 6 heteroatoms. The molecule has 2 heterocycles. The highest BCUT2D eigenvalue weighted by molar-refractivity contribution is 6.06. The topological polar surface area (TPSA) is 85.5 Å². The second-order valence-corrected chi connectivity index (χ2v) is 5.34. The normalized spacial score (nSPS) is 18.4. The Bertz CT molecular complexity index is 744. The molecule has 2 aromatic rings. The van der Waals surface area contributed by atoms with Crippen LogP contribution in [-0.2, 0) is 9.53 Å². The Hall–Kier alpha value is -2.47. The van der Waals surface area contributed by atoms with E-state index < -0.39 is 12.0 Å². The number of aromatic nitrogens is 1. The predicted octanol–water partition coefficient (Wildman–Crippen LogP) is 0.870. The highest BCUT2D eigenvalue weighted by Gasteiger charge is 2.29. The Kier molecular flexibility index (Phi) is 3.77. The highest BCUT2D eigenvalue weighted by atomic mass is 16.5. The summed E-state index contributed by atoms with van der Waals surface area (Å²) in [5.41, 5.74) is 7.42. The van der Waals surface area contributed by atoms with Gasteiger partial charge in [0.25, 0.3) is 5.91 Å². The van der Waals surface area contributed by atoms with Crippen molar-refractivity contribution < 1.29 is 14.3 Å². The van der Waals surface area contributed by atoms with E-state index in [0.717, 1.165) is 16.6 Å². The van der Waals surface area contributed by atoms with Crippen molar-refractivity contribution >= 4 is 22.7 Å². The van der Waals surface area contributed by atoms with E-state index in [0.29, 0.717) is 18.7 Å². The third-order valence-corrected chi connectivity index (χ3v) is 3.75. The molecule has 1 aliphatic heterocycles. The number of carbonyl (C=O) groups is 2. The molecule has 0 saturated carbocycles. The average Bonchev–Trinajstić information content (AvgIpc) is 2.53. The summed E-state index contributed by atoms with van der Waals surface area (Å²) in [6.07, 6.45) is -0.744. The number of aryl methyl sites for hydroxylation is 1. The van der Waals surface area contributed by atoms with Crippen molar-refractivity contribution in [3.05, 3.63) is 41.6 Å². The quantitative estimate of drug-likeness (QED) is 0.891. The molecular formula is C16H17N3O3. The third kappa shape index (κ3) is 2.65. The van der Waals surface area contributed by atoms with E-state index in [1.165, 1.54) is 0 Å². The summed E-state index contributed by atoms with van der Waals surface area (Å²) in [5.74, 6) is -0.676. The van der Waals surface area contributed by atoms with E-state index in [1.54, 1.807) is 11.0 Å². The van der Waals surface area contributed by atoms with Crippen LogP contribution >= 0.6 is 0 Å². The molecule has 1 atom stereocenters. The van der Waals surface area contributed by atoms with Crippen LogP contribution in [-0.4, -0.2) is 47.5 Å². The zero-order valence-corrected chi connectivity index (χ0v) is 12.3. The van der Waals surface area contributed by atoms with Gasteiger partial charge in [0, 0.05) is 17.6 Å². The molecule has 114 valence electrons. The lowest BCUT2D eigenvalue weighted by molar-refractivity contribution is -0.133. The Morgan fingerprint density at radius 2 is 2.14 bits per heavy atom. The van der Waals surface area contributed by atoms with Crippen LogP contribution in [0.4, 0.5) is 0 Å². The number of nitrogens with two attached hydrogens (primary N) is 1. The first-order chi connectivity index (χ1) is 10.6. The molecule has 1 unspecified atom stereocenters. The van der Waals surface area contributed by atoms with Crippen molar-refractivity contribution in [3.8, 4) is 0 Å². The molecule has 1 saturated heterocycles. The fourth-order valence-electron chi connectivity index (χ4n) is 2.66. The van der Waals surface area contributed by atoms with Crippen LogP contribution in [0, 0.1) is 6.92 Å². The number of hydrogen-bond acceptors (Lipinski definition) is 4. The van der Waals surface area contributed by atoms with Crippen molar-refractivity contribution in [2.24, 2.45) is 5.73 Å². The summed E-state index contributed by atoms with van der Waals surface area (Å²) in [4.78, 5) is 30.1. The molecule has 22 heavy (non-hydrogen) atoms. The van der Waals surface area contributed by atoms with Crippen LogP contribution in [0.15, 0.2) is 30.3 Å². The molecule has 0 bridgehead atoms. The van der Waals surface area contributed by atoms with Crippen LogP contribution in [0.5, 0.6) is 0 Å². The van der Waals surface area contributed by atoms with Crippen molar-refractivity contribution in [2.45, 2.75) is 13.0 Å². The summed E-state index contributed by atoms with van der Waals surface area (Å²) in [6.45, 7) is 2.79. The number of carbonyl (C=O) groups excluding carboxylic acids is 2. The smallest absolute Gasteiger partial charge is 0.254 e. The summed E-state index contributed by atoms with van der Waals surface area (Å²) >= 11 is 0. The van der Waals surface area contributed by atoms with E-state index in [4.69, 9.17) is 10.5 Å². The zero-order chi connectivity index (χ0) is 15.7. The van der Waals surface area contributed by atoms with Crippen molar-refractivity contribution in [1.82, 2.24) is 9.88 Å². The Balaban J connectivity index is 1.97. The fourth-order valence-corrected chi connectivity index (χ4v) is 2.66. The third-order valence-electron chi connectivity index (χ3n) is 3.75. The van der Waals surface area contributed by atoms with Crippen molar-refractivity contribution in [1.29, 1.82) is 0 Å². The second kappa shape index (κ2) is 5.73. The number of fused-ring (bicyclic) bond motifs is 1. The molecule has 1 aromatic heterocycles. The van der Waals surface area contributed by atoms with Crippen molar-refractivity contribution in [3.63, 3.8) is 0 Å². The molecule has 0 radical (unpaired) electrons. The van der Waals surface area contributed by atoms with Gasteiger partial charge in [-0.3, -0.25) is 14.6 Å². The summed E-state index contributed by atoms with van der Waals surface area (Å²) in [5, 5.41) is 0.806. The first-order valence-electron chi connectivity index (χ1n) is 7.13.